The van der Waals surface area contributed by atoms with Crippen LogP contribution < -0.4 is 10.1 Å². The van der Waals surface area contributed by atoms with Crippen molar-refractivity contribution in [2.24, 2.45) is 0 Å². The van der Waals surface area contributed by atoms with Gasteiger partial charge in [-0.2, -0.15) is 0 Å². The van der Waals surface area contributed by atoms with Crippen LogP contribution in [0.25, 0.3) is 0 Å². The highest BCUT2D eigenvalue weighted by Crippen LogP contribution is 2.21. The number of carbonyl (C=O) groups is 1. The van der Waals surface area contributed by atoms with Gasteiger partial charge in [-0.1, -0.05) is 47.5 Å². The number of ether oxygens (including phenoxy) is 1. The molecule has 2 aromatic carbocycles. The van der Waals surface area contributed by atoms with Crippen LogP contribution in [-0.2, 0) is 11.3 Å². The van der Waals surface area contributed by atoms with E-state index in [-0.39, 0.29) is 5.91 Å². The Morgan fingerprint density at radius 1 is 1.23 bits per heavy atom. The van der Waals surface area contributed by atoms with Crippen molar-refractivity contribution in [3.05, 3.63) is 63.6 Å². The van der Waals surface area contributed by atoms with Crippen molar-refractivity contribution in [3.63, 3.8) is 0 Å². The van der Waals surface area contributed by atoms with Crippen LogP contribution in [0.2, 0.25) is 10.0 Å². The summed E-state index contributed by atoms with van der Waals surface area (Å²) in [6.07, 6.45) is -0.591. The van der Waals surface area contributed by atoms with Crippen molar-refractivity contribution >= 4 is 29.1 Å². The molecule has 0 aliphatic carbocycles. The minimum Gasteiger partial charge on any atom is -0.481 e. The first-order chi connectivity index (χ1) is 10.5. The monoisotopic (exact) mass is 337 g/mol. The normalized spacial score (nSPS) is 11.8. The Kier molecular flexibility index (Phi) is 5.69. The maximum Gasteiger partial charge on any atom is 0.261 e. The molecular formula is C17H17Cl2NO2. The second-order valence-corrected chi connectivity index (χ2v) is 5.82. The summed E-state index contributed by atoms with van der Waals surface area (Å²) in [6, 6.07) is 12.8. The van der Waals surface area contributed by atoms with Crippen LogP contribution in [0.5, 0.6) is 5.75 Å². The van der Waals surface area contributed by atoms with Crippen molar-refractivity contribution in [1.82, 2.24) is 5.32 Å². The average molecular weight is 338 g/mol. The minimum absolute atomic E-state index is 0.200. The summed E-state index contributed by atoms with van der Waals surface area (Å²) in [5, 5.41) is 3.90. The lowest BCUT2D eigenvalue weighted by atomic mass is 10.2. The molecule has 2 rings (SSSR count). The van der Waals surface area contributed by atoms with Crippen LogP contribution in [0.1, 0.15) is 18.1 Å². The van der Waals surface area contributed by atoms with Gasteiger partial charge in [0.05, 0.1) is 0 Å². The van der Waals surface area contributed by atoms with Gasteiger partial charge in [-0.05, 0) is 43.2 Å². The van der Waals surface area contributed by atoms with Crippen molar-refractivity contribution < 1.29 is 9.53 Å². The van der Waals surface area contributed by atoms with E-state index >= 15 is 0 Å². The predicted octanol–water partition coefficient (Wildman–Crippen LogP) is 4.39. The molecule has 0 fully saturated rings. The number of aryl methyl sites for hydroxylation is 1. The Balaban J connectivity index is 1.93. The first kappa shape index (κ1) is 16.7. The molecule has 0 saturated heterocycles. The summed E-state index contributed by atoms with van der Waals surface area (Å²) >= 11 is 11.9. The molecule has 0 bridgehead atoms. The van der Waals surface area contributed by atoms with Crippen LogP contribution >= 0.6 is 23.2 Å². The fourth-order valence-electron chi connectivity index (χ4n) is 1.92. The molecular weight excluding hydrogens is 321 g/mol. The van der Waals surface area contributed by atoms with Crippen molar-refractivity contribution in [1.29, 1.82) is 0 Å². The zero-order valence-electron chi connectivity index (χ0n) is 12.4. The molecule has 5 heteroatoms. The van der Waals surface area contributed by atoms with Gasteiger partial charge in [0.2, 0.25) is 0 Å². The lowest BCUT2D eigenvalue weighted by Gasteiger charge is -2.16. The molecule has 0 heterocycles. The lowest BCUT2D eigenvalue weighted by molar-refractivity contribution is -0.127. The third kappa shape index (κ3) is 4.39. The minimum atomic E-state index is -0.591. The van der Waals surface area contributed by atoms with Crippen LogP contribution in [-0.4, -0.2) is 12.0 Å². The number of para-hydroxylation sites is 1. The van der Waals surface area contributed by atoms with Gasteiger partial charge < -0.3 is 10.1 Å². The number of hydrogen-bond acceptors (Lipinski definition) is 2. The largest absolute Gasteiger partial charge is 0.481 e. The van der Waals surface area contributed by atoms with Gasteiger partial charge in [0, 0.05) is 16.6 Å². The summed E-state index contributed by atoms with van der Waals surface area (Å²) in [5.41, 5.74) is 1.80. The Labute approximate surface area is 140 Å². The van der Waals surface area contributed by atoms with E-state index in [9.17, 15) is 4.79 Å². The van der Waals surface area contributed by atoms with Crippen molar-refractivity contribution in [2.75, 3.05) is 0 Å². The molecule has 2 aromatic rings. The highest BCUT2D eigenvalue weighted by atomic mass is 35.5. The molecule has 22 heavy (non-hydrogen) atoms. The molecule has 0 spiro atoms. The Morgan fingerprint density at radius 3 is 2.64 bits per heavy atom. The number of rotatable bonds is 5. The maximum atomic E-state index is 12.1. The number of hydrogen-bond donors (Lipinski definition) is 1. The van der Waals surface area contributed by atoms with E-state index in [2.05, 4.69) is 5.32 Å². The van der Waals surface area contributed by atoms with Crippen LogP contribution in [0, 0.1) is 6.92 Å². The fourth-order valence-corrected chi connectivity index (χ4v) is 2.40. The quantitative estimate of drug-likeness (QED) is 0.878. The van der Waals surface area contributed by atoms with Gasteiger partial charge in [-0.15, -0.1) is 0 Å². The van der Waals surface area contributed by atoms with Gasteiger partial charge in [0.15, 0.2) is 6.10 Å². The highest BCUT2D eigenvalue weighted by Gasteiger charge is 2.15. The summed E-state index contributed by atoms with van der Waals surface area (Å²) in [4.78, 5) is 12.1. The van der Waals surface area contributed by atoms with E-state index in [1.54, 1.807) is 25.1 Å². The molecule has 0 saturated carbocycles. The second-order valence-electron chi connectivity index (χ2n) is 4.98. The van der Waals surface area contributed by atoms with E-state index in [4.69, 9.17) is 27.9 Å². The van der Waals surface area contributed by atoms with Crippen LogP contribution in [0.4, 0.5) is 0 Å². The van der Waals surface area contributed by atoms with E-state index in [0.717, 1.165) is 11.1 Å². The van der Waals surface area contributed by atoms with Gasteiger partial charge in [0.1, 0.15) is 5.75 Å². The van der Waals surface area contributed by atoms with Crippen molar-refractivity contribution in [2.45, 2.75) is 26.5 Å². The number of amides is 1. The zero-order chi connectivity index (χ0) is 16.1. The fraction of sp³-hybridized carbons (Fsp3) is 0.235. The lowest BCUT2D eigenvalue weighted by Crippen LogP contribution is -2.36. The smallest absolute Gasteiger partial charge is 0.261 e. The Morgan fingerprint density at radius 2 is 1.95 bits per heavy atom. The van der Waals surface area contributed by atoms with Gasteiger partial charge >= 0.3 is 0 Å². The molecule has 1 amide bonds. The summed E-state index contributed by atoms with van der Waals surface area (Å²) in [6.45, 7) is 3.98. The van der Waals surface area contributed by atoms with Crippen LogP contribution in [0.15, 0.2) is 42.5 Å². The number of nitrogens with one attached hydrogen (secondary N) is 1. The average Bonchev–Trinajstić information content (AvgIpc) is 2.48. The van der Waals surface area contributed by atoms with Gasteiger partial charge in [-0.25, -0.2) is 0 Å². The number of carbonyl (C=O) groups excluding carboxylic acids is 1. The SMILES string of the molecule is Cc1ccccc1O[C@@H](C)C(=O)NCc1ccc(Cl)cc1Cl. The Bertz CT molecular complexity index is 673. The Hall–Kier alpha value is -1.71. The molecule has 0 aliphatic heterocycles. The third-order valence-corrected chi connectivity index (χ3v) is 3.82. The number of halogens is 2. The second kappa shape index (κ2) is 7.52. The molecule has 116 valence electrons. The maximum absolute atomic E-state index is 12.1. The molecule has 1 atom stereocenters. The van der Waals surface area contributed by atoms with Crippen LogP contribution in [0.3, 0.4) is 0 Å². The standard InChI is InChI=1S/C17H17Cl2NO2/c1-11-5-3-4-6-16(11)22-12(2)17(21)20-10-13-7-8-14(18)9-15(13)19/h3-9,12H,10H2,1-2H3,(H,20,21)/t12-/m0/s1. The first-order valence-electron chi connectivity index (χ1n) is 6.91. The van der Waals surface area contributed by atoms with E-state index in [1.165, 1.54) is 0 Å². The van der Waals surface area contributed by atoms with E-state index in [0.29, 0.717) is 22.3 Å². The molecule has 0 aromatic heterocycles. The molecule has 0 radical (unpaired) electrons. The van der Waals surface area contributed by atoms with Gasteiger partial charge in [0.25, 0.3) is 5.91 Å². The summed E-state index contributed by atoms with van der Waals surface area (Å²) < 4.78 is 5.68. The zero-order valence-corrected chi connectivity index (χ0v) is 13.9. The first-order valence-corrected chi connectivity index (χ1v) is 7.67. The molecule has 0 aliphatic rings. The molecule has 3 nitrogen and oxygen atoms in total. The summed E-state index contributed by atoms with van der Waals surface area (Å²) in [7, 11) is 0. The van der Waals surface area contributed by atoms with Crippen molar-refractivity contribution in [3.8, 4) is 5.75 Å². The molecule has 0 unspecified atom stereocenters. The number of benzene rings is 2. The molecule has 1 N–H and O–H groups in total. The predicted molar refractivity (Wildman–Crippen MR) is 89.6 cm³/mol. The van der Waals surface area contributed by atoms with E-state index in [1.807, 2.05) is 31.2 Å². The third-order valence-electron chi connectivity index (χ3n) is 3.23. The topological polar surface area (TPSA) is 38.3 Å². The summed E-state index contributed by atoms with van der Waals surface area (Å²) in [5.74, 6) is 0.504. The van der Waals surface area contributed by atoms with E-state index < -0.39 is 6.10 Å². The van der Waals surface area contributed by atoms with Gasteiger partial charge in [-0.3, -0.25) is 4.79 Å². The highest BCUT2D eigenvalue weighted by molar-refractivity contribution is 6.35.